The quantitative estimate of drug-likeness (QED) is 0.254. The van der Waals surface area contributed by atoms with Crippen LogP contribution in [0, 0.1) is 11.8 Å². The van der Waals surface area contributed by atoms with E-state index in [1.807, 2.05) is 6.08 Å². The zero-order chi connectivity index (χ0) is 25.1. The van der Waals surface area contributed by atoms with Gasteiger partial charge in [-0.05, 0) is 44.1 Å². The molecule has 0 bridgehead atoms. The van der Waals surface area contributed by atoms with E-state index in [0.717, 1.165) is 12.1 Å². The van der Waals surface area contributed by atoms with Crippen LogP contribution < -0.4 is 0 Å². The molecule has 2 heterocycles. The minimum atomic E-state index is -2.24. The zero-order valence-corrected chi connectivity index (χ0v) is 20.7. The van der Waals surface area contributed by atoms with E-state index < -0.39 is 41.5 Å². The predicted molar refractivity (Wildman–Crippen MR) is 121 cm³/mol. The van der Waals surface area contributed by atoms with Crippen LogP contribution in [-0.4, -0.2) is 92.5 Å². The summed E-state index contributed by atoms with van der Waals surface area (Å²) in [6.45, 7) is 11.1. The molecule has 2 rings (SSSR count). The maximum Gasteiger partial charge on any atom is 0.353 e. The second-order valence-corrected chi connectivity index (χ2v) is 10.4. The Morgan fingerprint density at radius 3 is 2.18 bits per heavy atom. The fourth-order valence-corrected chi connectivity index (χ4v) is 4.80. The molecule has 0 aromatic rings. The number of aliphatic hydroxyl groups excluding tert-OH is 3. The van der Waals surface area contributed by atoms with E-state index >= 15 is 0 Å². The molecule has 1 fully saturated rings. The molecule has 0 spiro atoms. The third-order valence-electron chi connectivity index (χ3n) is 6.58. The van der Waals surface area contributed by atoms with Crippen LogP contribution in [0.15, 0.2) is 11.6 Å². The number of carbonyl (C=O) groups is 2. The van der Waals surface area contributed by atoms with E-state index in [-0.39, 0.29) is 37.3 Å². The van der Waals surface area contributed by atoms with Crippen molar-refractivity contribution in [1.29, 1.82) is 0 Å². The molecule has 0 aromatic carbocycles. The summed E-state index contributed by atoms with van der Waals surface area (Å²) < 4.78 is 11.1. The first-order chi connectivity index (χ1) is 15.2. The zero-order valence-electron chi connectivity index (χ0n) is 20.7. The van der Waals surface area contributed by atoms with Gasteiger partial charge in [-0.3, -0.25) is 4.90 Å². The van der Waals surface area contributed by atoms with Crippen molar-refractivity contribution in [1.82, 2.24) is 4.90 Å². The number of ether oxygens (including phenoxy) is 2. The third kappa shape index (κ3) is 5.95. The highest BCUT2D eigenvalue weighted by atomic mass is 16.6. The van der Waals surface area contributed by atoms with E-state index in [1.165, 1.54) is 13.8 Å². The molecular formula is C24H41NO8. The highest BCUT2D eigenvalue weighted by Crippen LogP contribution is 2.34. The molecule has 0 saturated carbocycles. The number of hydrogen-bond acceptors (Lipinski definition) is 9. The average Bonchev–Trinajstić information content (AvgIpc) is 3.27. The molecule has 2 aliphatic heterocycles. The van der Waals surface area contributed by atoms with Crippen molar-refractivity contribution in [3.63, 3.8) is 0 Å². The SMILES string of the molecule is CC(C)CC(O)(C(=O)OC(CC(C)C)(C(=O)OCC1=CCN2CCC(O)C12)C(C)O)C(C)O. The van der Waals surface area contributed by atoms with Gasteiger partial charge < -0.3 is 29.9 Å². The van der Waals surface area contributed by atoms with Gasteiger partial charge in [-0.25, -0.2) is 9.59 Å². The lowest BCUT2D eigenvalue weighted by atomic mass is 9.85. The molecule has 9 nitrogen and oxygen atoms in total. The first kappa shape index (κ1) is 27.7. The highest BCUT2D eigenvalue weighted by Gasteiger charge is 2.54. The van der Waals surface area contributed by atoms with Gasteiger partial charge in [0.1, 0.15) is 12.7 Å². The Hall–Kier alpha value is -1.52. The van der Waals surface area contributed by atoms with Crippen LogP contribution in [-0.2, 0) is 19.1 Å². The molecule has 33 heavy (non-hydrogen) atoms. The van der Waals surface area contributed by atoms with Crippen molar-refractivity contribution in [2.45, 2.75) is 96.4 Å². The van der Waals surface area contributed by atoms with Gasteiger partial charge in [0.05, 0.1) is 18.2 Å². The summed E-state index contributed by atoms with van der Waals surface area (Å²) in [5, 5.41) is 41.9. The van der Waals surface area contributed by atoms with E-state index in [4.69, 9.17) is 9.47 Å². The number of hydrogen-bond donors (Lipinski definition) is 4. The molecule has 9 heteroatoms. The highest BCUT2D eigenvalue weighted by molar-refractivity contribution is 5.87. The maximum atomic E-state index is 13.3. The van der Waals surface area contributed by atoms with E-state index in [1.54, 1.807) is 27.7 Å². The minimum absolute atomic E-state index is 0.0377. The second kappa shape index (κ2) is 10.8. The second-order valence-electron chi connectivity index (χ2n) is 10.4. The van der Waals surface area contributed by atoms with Gasteiger partial charge in [0, 0.05) is 19.5 Å². The Labute approximate surface area is 196 Å². The van der Waals surface area contributed by atoms with Crippen LogP contribution >= 0.6 is 0 Å². The van der Waals surface area contributed by atoms with Gasteiger partial charge in [0.15, 0.2) is 5.60 Å². The summed E-state index contributed by atoms with van der Waals surface area (Å²) in [7, 11) is 0. The molecule has 6 atom stereocenters. The number of nitrogens with zero attached hydrogens (tertiary/aromatic N) is 1. The normalized spacial score (nSPS) is 26.4. The van der Waals surface area contributed by atoms with Crippen molar-refractivity contribution in [3.05, 3.63) is 11.6 Å². The summed E-state index contributed by atoms with van der Waals surface area (Å²) in [6.07, 6.45) is -0.987. The molecule has 6 unspecified atom stereocenters. The molecule has 0 aromatic heterocycles. The van der Waals surface area contributed by atoms with Crippen molar-refractivity contribution >= 4 is 11.9 Å². The van der Waals surface area contributed by atoms with Crippen LogP contribution in [0.4, 0.5) is 0 Å². The number of fused-ring (bicyclic) bond motifs is 1. The number of rotatable bonds is 11. The van der Waals surface area contributed by atoms with Crippen LogP contribution in [0.1, 0.15) is 60.8 Å². The monoisotopic (exact) mass is 471 g/mol. The summed E-state index contributed by atoms with van der Waals surface area (Å²) >= 11 is 0. The first-order valence-electron chi connectivity index (χ1n) is 11.8. The lowest BCUT2D eigenvalue weighted by molar-refractivity contribution is -0.216. The van der Waals surface area contributed by atoms with Crippen molar-refractivity contribution in [2.24, 2.45) is 11.8 Å². The summed E-state index contributed by atoms with van der Waals surface area (Å²) in [6, 6.07) is -0.210. The lowest BCUT2D eigenvalue weighted by Gasteiger charge is -2.39. The Balaban J connectivity index is 2.27. The van der Waals surface area contributed by atoms with Gasteiger partial charge >= 0.3 is 11.9 Å². The van der Waals surface area contributed by atoms with E-state index in [0.29, 0.717) is 13.0 Å². The smallest absolute Gasteiger partial charge is 0.353 e. The average molecular weight is 472 g/mol. The maximum absolute atomic E-state index is 13.3. The fraction of sp³-hybridized carbons (Fsp3) is 0.833. The molecule has 0 aliphatic carbocycles. The Kier molecular flexibility index (Phi) is 9.09. The van der Waals surface area contributed by atoms with E-state index in [9.17, 15) is 30.0 Å². The number of esters is 2. The summed E-state index contributed by atoms with van der Waals surface area (Å²) in [4.78, 5) is 28.5. The fourth-order valence-electron chi connectivity index (χ4n) is 4.80. The summed E-state index contributed by atoms with van der Waals surface area (Å²) in [5.41, 5.74) is -3.53. The molecule has 0 radical (unpaired) electrons. The third-order valence-corrected chi connectivity index (χ3v) is 6.58. The molecule has 0 amide bonds. The minimum Gasteiger partial charge on any atom is -0.458 e. The van der Waals surface area contributed by atoms with Gasteiger partial charge in [0.2, 0.25) is 5.60 Å². The van der Waals surface area contributed by atoms with Gasteiger partial charge in [-0.2, -0.15) is 0 Å². The Morgan fingerprint density at radius 1 is 1.06 bits per heavy atom. The van der Waals surface area contributed by atoms with Crippen molar-refractivity contribution in [3.8, 4) is 0 Å². The topological polar surface area (TPSA) is 137 Å². The largest absolute Gasteiger partial charge is 0.458 e. The van der Waals surface area contributed by atoms with Crippen LogP contribution in [0.3, 0.4) is 0 Å². The lowest BCUT2D eigenvalue weighted by Crippen LogP contribution is -2.59. The van der Waals surface area contributed by atoms with Crippen LogP contribution in [0.5, 0.6) is 0 Å². The van der Waals surface area contributed by atoms with Gasteiger partial charge in [-0.1, -0.05) is 33.8 Å². The molecule has 4 N–H and O–H groups in total. The van der Waals surface area contributed by atoms with Crippen molar-refractivity contribution < 1.29 is 39.5 Å². The van der Waals surface area contributed by atoms with Gasteiger partial charge in [0.25, 0.3) is 0 Å². The van der Waals surface area contributed by atoms with E-state index in [2.05, 4.69) is 4.90 Å². The first-order valence-corrected chi connectivity index (χ1v) is 11.8. The molecule has 190 valence electrons. The Morgan fingerprint density at radius 2 is 1.67 bits per heavy atom. The van der Waals surface area contributed by atoms with Gasteiger partial charge in [-0.15, -0.1) is 0 Å². The molecular weight excluding hydrogens is 430 g/mol. The Bertz CT molecular complexity index is 734. The predicted octanol–water partition coefficient (Wildman–Crippen LogP) is 0.772. The molecule has 1 saturated heterocycles. The summed E-state index contributed by atoms with van der Waals surface area (Å²) in [5.74, 6) is -2.42. The number of aliphatic hydroxyl groups is 4. The standard InChI is InChI=1S/C24H41NO8/c1-14(2)11-23(31,16(5)26)21(29)33-24(17(6)27,12-15(3)4)22(30)32-13-18-7-9-25-10-8-19(28)20(18)25/h7,14-17,19-20,26-28,31H,8-13H2,1-6H3. The van der Waals surface area contributed by atoms with Crippen LogP contribution in [0.2, 0.25) is 0 Å². The number of carbonyl (C=O) groups excluding carboxylic acids is 2. The van der Waals surface area contributed by atoms with Crippen LogP contribution in [0.25, 0.3) is 0 Å². The molecule has 2 aliphatic rings. The van der Waals surface area contributed by atoms with Crippen molar-refractivity contribution in [2.75, 3.05) is 19.7 Å².